The Balaban J connectivity index is 0. The van der Waals surface area contributed by atoms with Gasteiger partial charge < -0.3 is 20.4 Å². The predicted molar refractivity (Wildman–Crippen MR) is 53.5 cm³/mol. The first-order chi connectivity index (χ1) is 6.88. The molecule has 7 heteroatoms. The zero-order valence-electron chi connectivity index (χ0n) is 9.90. The van der Waals surface area contributed by atoms with Crippen LogP contribution < -0.4 is 40.4 Å². The van der Waals surface area contributed by atoms with Crippen molar-refractivity contribution in [2.24, 2.45) is 17.6 Å². The third-order valence-electron chi connectivity index (χ3n) is 2.32. The molecule has 0 aromatic carbocycles. The Morgan fingerprint density at radius 2 is 1.88 bits per heavy atom. The summed E-state index contributed by atoms with van der Waals surface area (Å²) in [4.78, 5) is 30.4. The van der Waals surface area contributed by atoms with Gasteiger partial charge in [-0.05, 0) is 24.3 Å². The smallest absolute Gasteiger partial charge is 0.550 e. The molecular weight excluding hydrogens is 237 g/mol. The number of primary amides is 1. The second kappa shape index (κ2) is 9.18. The second-order valence-corrected chi connectivity index (χ2v) is 5.06. The van der Waals surface area contributed by atoms with Crippen molar-refractivity contribution in [3.8, 4) is 0 Å². The Morgan fingerprint density at radius 1 is 1.38 bits per heavy atom. The normalized spacial score (nSPS) is 15.7. The van der Waals surface area contributed by atoms with E-state index >= 15 is 0 Å². The average molecular weight is 253 g/mol. The maximum Gasteiger partial charge on any atom is 1.00 e. The topological polar surface area (TPSA) is 103 Å². The van der Waals surface area contributed by atoms with Crippen LogP contribution >= 0.6 is 0 Å². The number of hydrogen-bond donors (Lipinski definition) is 2. The maximum atomic E-state index is 10.8. The molecule has 0 aliphatic heterocycles. The van der Waals surface area contributed by atoms with Gasteiger partial charge >= 0.3 is 29.6 Å². The standard InChI is InChI=1S/C9H17NO4Si.Na/c1-5(8(10)11)3-7(9(12)13)4-6(2)15-14;/h5-7,14H,3-4H2,1-2H3,(H2,10,11)(H,12,13);/q;+1/p-1. The quantitative estimate of drug-likeness (QED) is 0.448. The van der Waals surface area contributed by atoms with E-state index in [2.05, 4.69) is 0 Å². The summed E-state index contributed by atoms with van der Waals surface area (Å²) in [6.45, 7) is 3.34. The van der Waals surface area contributed by atoms with E-state index in [1.54, 1.807) is 13.8 Å². The second-order valence-electron chi connectivity index (χ2n) is 3.82. The van der Waals surface area contributed by atoms with Crippen molar-refractivity contribution >= 4 is 21.6 Å². The van der Waals surface area contributed by atoms with Gasteiger partial charge in [0.25, 0.3) is 0 Å². The molecule has 0 fully saturated rings. The summed E-state index contributed by atoms with van der Waals surface area (Å²) in [6.07, 6.45) is 0.487. The molecular formula is C9H16NNaO4Si. The van der Waals surface area contributed by atoms with E-state index in [-0.39, 0.29) is 51.3 Å². The van der Waals surface area contributed by atoms with E-state index in [1.165, 1.54) is 0 Å². The van der Waals surface area contributed by atoms with Gasteiger partial charge in [-0.2, -0.15) is 0 Å². The predicted octanol–water partition coefficient (Wildman–Crippen LogP) is -4.32. The van der Waals surface area contributed by atoms with Crippen molar-refractivity contribution in [2.45, 2.75) is 32.2 Å². The van der Waals surface area contributed by atoms with Gasteiger partial charge in [0.15, 0.2) is 0 Å². The van der Waals surface area contributed by atoms with Crippen molar-refractivity contribution in [1.29, 1.82) is 0 Å². The number of carboxylic acids is 1. The molecule has 1 amide bonds. The summed E-state index contributed by atoms with van der Waals surface area (Å²) in [6, 6.07) is 0. The number of nitrogens with two attached hydrogens (primary N) is 1. The molecule has 3 unspecified atom stereocenters. The van der Waals surface area contributed by atoms with Crippen LogP contribution in [0.5, 0.6) is 0 Å². The summed E-state index contributed by atoms with van der Waals surface area (Å²) in [5.41, 5.74) is 4.96. The fourth-order valence-electron chi connectivity index (χ4n) is 1.31. The van der Waals surface area contributed by atoms with Crippen LogP contribution in [-0.4, -0.2) is 26.4 Å². The number of hydrogen-bond acceptors (Lipinski definition) is 4. The minimum atomic E-state index is -1.19. The van der Waals surface area contributed by atoms with Crippen LogP contribution in [0.2, 0.25) is 5.54 Å². The number of amides is 1. The van der Waals surface area contributed by atoms with E-state index in [0.717, 1.165) is 0 Å². The van der Waals surface area contributed by atoms with Gasteiger partial charge in [0.1, 0.15) is 0 Å². The molecule has 0 saturated carbocycles. The van der Waals surface area contributed by atoms with Crippen LogP contribution in [0, 0.1) is 11.8 Å². The van der Waals surface area contributed by atoms with Gasteiger partial charge in [-0.15, -0.1) is 0 Å². The third kappa shape index (κ3) is 7.40. The van der Waals surface area contributed by atoms with E-state index in [9.17, 15) is 14.7 Å². The molecule has 0 aromatic heterocycles. The summed E-state index contributed by atoms with van der Waals surface area (Å²) >= 11 is 0. The molecule has 0 heterocycles. The van der Waals surface area contributed by atoms with Gasteiger partial charge in [-0.25, -0.2) is 0 Å². The van der Waals surface area contributed by atoms with Gasteiger partial charge in [-0.3, -0.25) is 4.79 Å². The molecule has 0 aliphatic rings. The molecule has 0 aromatic rings. The maximum absolute atomic E-state index is 10.8. The summed E-state index contributed by atoms with van der Waals surface area (Å²) < 4.78 is 0. The fraction of sp³-hybridized carbons (Fsp3) is 0.778. The van der Waals surface area contributed by atoms with Crippen molar-refractivity contribution in [2.75, 3.05) is 0 Å². The largest absolute Gasteiger partial charge is 1.00 e. The van der Waals surface area contributed by atoms with Crippen LogP contribution in [0.4, 0.5) is 0 Å². The first kappa shape index (κ1) is 18.5. The molecule has 0 bridgehead atoms. The molecule has 16 heavy (non-hydrogen) atoms. The number of carbonyl (C=O) groups is 2. The number of rotatable bonds is 7. The minimum absolute atomic E-state index is 0. The van der Waals surface area contributed by atoms with Crippen LogP contribution in [0.15, 0.2) is 0 Å². The first-order valence-electron chi connectivity index (χ1n) is 4.78. The molecule has 3 N–H and O–H groups in total. The zero-order valence-corrected chi connectivity index (χ0v) is 12.9. The summed E-state index contributed by atoms with van der Waals surface area (Å²) in [5, 5.41) is 10.8. The molecule has 86 valence electrons. The molecule has 0 aliphatic carbocycles. The number of aliphatic carboxylic acids is 1. The zero-order chi connectivity index (χ0) is 12.0. The minimum Gasteiger partial charge on any atom is -0.550 e. The van der Waals surface area contributed by atoms with Crippen LogP contribution in [0.1, 0.15) is 26.7 Å². The van der Waals surface area contributed by atoms with E-state index < -0.39 is 23.7 Å². The Labute approximate surface area is 120 Å². The summed E-state index contributed by atoms with van der Waals surface area (Å²) in [5.74, 6) is -2.90. The fourth-order valence-corrected chi connectivity index (χ4v) is 1.70. The molecule has 5 nitrogen and oxygen atoms in total. The summed E-state index contributed by atoms with van der Waals surface area (Å²) in [7, 11) is -0.299. The average Bonchev–Trinajstić information content (AvgIpc) is 2.15. The van der Waals surface area contributed by atoms with Gasteiger partial charge in [0, 0.05) is 11.9 Å². The number of carboxylic acid groups (broad SMARTS) is 1. The molecule has 0 spiro atoms. The molecule has 0 rings (SSSR count). The van der Waals surface area contributed by atoms with Crippen molar-refractivity contribution in [1.82, 2.24) is 0 Å². The van der Waals surface area contributed by atoms with Crippen molar-refractivity contribution in [3.05, 3.63) is 0 Å². The Kier molecular flexibility index (Phi) is 10.6. The molecule has 3 atom stereocenters. The van der Waals surface area contributed by atoms with Gasteiger partial charge in [-0.1, -0.05) is 13.8 Å². The Morgan fingerprint density at radius 3 is 2.19 bits per heavy atom. The van der Waals surface area contributed by atoms with Crippen molar-refractivity contribution < 1.29 is 49.0 Å². The SMILES string of the molecule is CC(CC(CC(C)C(N)=O)C(=O)[O-])[Si]O.[Na+]. The van der Waals surface area contributed by atoms with Crippen LogP contribution in [0.3, 0.4) is 0 Å². The van der Waals surface area contributed by atoms with Gasteiger partial charge in [0.2, 0.25) is 15.7 Å². The molecule has 0 saturated heterocycles. The van der Waals surface area contributed by atoms with Crippen LogP contribution in [0.25, 0.3) is 0 Å². The van der Waals surface area contributed by atoms with Crippen molar-refractivity contribution in [3.63, 3.8) is 0 Å². The monoisotopic (exact) mass is 253 g/mol. The first-order valence-corrected chi connectivity index (χ1v) is 5.80. The molecule has 2 radical (unpaired) electrons. The number of carbonyl (C=O) groups excluding carboxylic acids is 2. The van der Waals surface area contributed by atoms with E-state index in [4.69, 9.17) is 10.5 Å². The van der Waals surface area contributed by atoms with Crippen LogP contribution in [-0.2, 0) is 9.59 Å². The van der Waals surface area contributed by atoms with E-state index in [1.807, 2.05) is 0 Å². The Bertz CT molecular complexity index is 240. The third-order valence-corrected chi connectivity index (χ3v) is 2.99. The van der Waals surface area contributed by atoms with Gasteiger partial charge in [0.05, 0.1) is 0 Å². The van der Waals surface area contributed by atoms with E-state index in [0.29, 0.717) is 6.42 Å². The Hall–Kier alpha value is 0.117.